The van der Waals surface area contributed by atoms with Crippen LogP contribution >= 0.6 is 22.6 Å². The van der Waals surface area contributed by atoms with Crippen molar-refractivity contribution in [3.05, 3.63) is 68.3 Å². The van der Waals surface area contributed by atoms with Crippen LogP contribution in [0.25, 0.3) is 0 Å². The number of rotatable bonds is 3. The van der Waals surface area contributed by atoms with Crippen LogP contribution in [0.1, 0.15) is 22.3 Å². The SMILES string of the molecule is Cc1ccc(C)c(CCc2ccccc2I)c1. The third-order valence-electron chi connectivity index (χ3n) is 3.13. The Bertz CT molecular complexity index is 515. The van der Waals surface area contributed by atoms with E-state index >= 15 is 0 Å². The molecule has 0 heterocycles. The van der Waals surface area contributed by atoms with Gasteiger partial charge in [-0.2, -0.15) is 0 Å². The zero-order chi connectivity index (χ0) is 12.3. The number of halogens is 1. The van der Waals surface area contributed by atoms with E-state index in [1.54, 1.807) is 0 Å². The van der Waals surface area contributed by atoms with Gasteiger partial charge in [-0.25, -0.2) is 0 Å². The van der Waals surface area contributed by atoms with Gasteiger partial charge in [0.1, 0.15) is 0 Å². The first-order valence-electron chi connectivity index (χ1n) is 5.96. The first kappa shape index (κ1) is 12.6. The predicted molar refractivity (Wildman–Crippen MR) is 82.5 cm³/mol. The summed E-state index contributed by atoms with van der Waals surface area (Å²) in [7, 11) is 0. The Morgan fingerprint density at radius 3 is 2.35 bits per heavy atom. The van der Waals surface area contributed by atoms with E-state index in [4.69, 9.17) is 0 Å². The first-order valence-corrected chi connectivity index (χ1v) is 7.04. The molecular formula is C16H17I. The Labute approximate surface area is 117 Å². The largest absolute Gasteiger partial charge is 0.0619 e. The highest BCUT2D eigenvalue weighted by Gasteiger charge is 2.02. The third kappa shape index (κ3) is 3.32. The molecule has 0 unspecified atom stereocenters. The van der Waals surface area contributed by atoms with Gasteiger partial charge in [-0.1, -0.05) is 42.0 Å². The molecule has 0 aromatic heterocycles. The summed E-state index contributed by atoms with van der Waals surface area (Å²) in [5, 5.41) is 0. The minimum atomic E-state index is 1.13. The Balaban J connectivity index is 2.12. The van der Waals surface area contributed by atoms with E-state index in [9.17, 15) is 0 Å². The molecule has 0 bridgehead atoms. The van der Waals surface area contributed by atoms with Crippen LogP contribution in [0.15, 0.2) is 42.5 Å². The van der Waals surface area contributed by atoms with Crippen molar-refractivity contribution in [2.75, 3.05) is 0 Å². The molecular weight excluding hydrogens is 319 g/mol. The highest BCUT2D eigenvalue weighted by atomic mass is 127. The van der Waals surface area contributed by atoms with Crippen molar-refractivity contribution in [3.63, 3.8) is 0 Å². The molecule has 0 aliphatic rings. The van der Waals surface area contributed by atoms with E-state index in [2.05, 4.69) is 78.9 Å². The molecule has 0 saturated heterocycles. The molecule has 0 amide bonds. The maximum Gasteiger partial charge on any atom is 0.0162 e. The zero-order valence-electron chi connectivity index (χ0n) is 10.3. The van der Waals surface area contributed by atoms with Gasteiger partial charge in [-0.15, -0.1) is 0 Å². The number of hydrogen-bond acceptors (Lipinski definition) is 0. The van der Waals surface area contributed by atoms with Crippen LogP contribution in [0.4, 0.5) is 0 Å². The van der Waals surface area contributed by atoms with E-state index in [0.29, 0.717) is 0 Å². The monoisotopic (exact) mass is 336 g/mol. The molecule has 0 N–H and O–H groups in total. The summed E-state index contributed by atoms with van der Waals surface area (Å²) in [6, 6.07) is 15.4. The highest BCUT2D eigenvalue weighted by molar-refractivity contribution is 14.1. The maximum absolute atomic E-state index is 2.42. The summed E-state index contributed by atoms with van der Waals surface area (Å²) in [5.74, 6) is 0. The molecule has 0 atom stereocenters. The van der Waals surface area contributed by atoms with Gasteiger partial charge in [0, 0.05) is 3.57 Å². The minimum Gasteiger partial charge on any atom is -0.0619 e. The highest BCUT2D eigenvalue weighted by Crippen LogP contribution is 2.17. The molecule has 1 heteroatoms. The fourth-order valence-electron chi connectivity index (χ4n) is 2.04. The molecule has 0 aliphatic heterocycles. The normalized spacial score (nSPS) is 10.5. The molecule has 2 aromatic rings. The summed E-state index contributed by atoms with van der Waals surface area (Å²) in [6.45, 7) is 4.36. The molecule has 2 rings (SSSR count). The van der Waals surface area contributed by atoms with Gasteiger partial charge >= 0.3 is 0 Å². The van der Waals surface area contributed by atoms with Gasteiger partial charge in [-0.05, 0) is 72.0 Å². The fourth-order valence-corrected chi connectivity index (χ4v) is 2.70. The van der Waals surface area contributed by atoms with Crippen molar-refractivity contribution in [2.45, 2.75) is 26.7 Å². The Morgan fingerprint density at radius 1 is 0.882 bits per heavy atom. The fraction of sp³-hybridized carbons (Fsp3) is 0.250. The minimum absolute atomic E-state index is 1.13. The lowest BCUT2D eigenvalue weighted by atomic mass is 9.99. The molecule has 2 aromatic carbocycles. The van der Waals surface area contributed by atoms with Crippen LogP contribution in [0, 0.1) is 17.4 Å². The zero-order valence-corrected chi connectivity index (χ0v) is 12.5. The summed E-state index contributed by atoms with van der Waals surface area (Å²) >= 11 is 2.42. The second-order valence-corrected chi connectivity index (χ2v) is 5.68. The second-order valence-electron chi connectivity index (χ2n) is 4.52. The van der Waals surface area contributed by atoms with Crippen LogP contribution in [-0.4, -0.2) is 0 Å². The van der Waals surface area contributed by atoms with E-state index in [1.807, 2.05) is 0 Å². The summed E-state index contributed by atoms with van der Waals surface area (Å²) in [5.41, 5.74) is 5.69. The third-order valence-corrected chi connectivity index (χ3v) is 4.18. The lowest BCUT2D eigenvalue weighted by Gasteiger charge is -2.08. The number of hydrogen-bond donors (Lipinski definition) is 0. The van der Waals surface area contributed by atoms with Gasteiger partial charge in [0.25, 0.3) is 0 Å². The van der Waals surface area contributed by atoms with Gasteiger partial charge in [0.2, 0.25) is 0 Å². The molecule has 0 saturated carbocycles. The van der Waals surface area contributed by atoms with E-state index in [-0.39, 0.29) is 0 Å². The Morgan fingerprint density at radius 2 is 1.59 bits per heavy atom. The number of benzene rings is 2. The topological polar surface area (TPSA) is 0 Å². The molecule has 0 radical (unpaired) electrons. The predicted octanol–water partition coefficient (Wildman–Crippen LogP) is 4.69. The maximum atomic E-state index is 2.42. The molecule has 0 fully saturated rings. The van der Waals surface area contributed by atoms with Gasteiger partial charge in [0.15, 0.2) is 0 Å². The van der Waals surface area contributed by atoms with Crippen molar-refractivity contribution in [1.29, 1.82) is 0 Å². The molecule has 0 nitrogen and oxygen atoms in total. The van der Waals surface area contributed by atoms with Crippen LogP contribution in [-0.2, 0) is 12.8 Å². The van der Waals surface area contributed by atoms with Gasteiger partial charge in [-0.3, -0.25) is 0 Å². The van der Waals surface area contributed by atoms with Gasteiger partial charge in [0.05, 0.1) is 0 Å². The molecule has 0 aliphatic carbocycles. The number of aryl methyl sites for hydroxylation is 4. The van der Waals surface area contributed by atoms with Crippen LogP contribution in [0.2, 0.25) is 0 Å². The molecule has 17 heavy (non-hydrogen) atoms. The van der Waals surface area contributed by atoms with Gasteiger partial charge < -0.3 is 0 Å². The standard InChI is InChI=1S/C16H17I/c1-12-7-8-13(2)15(11-12)10-9-14-5-3-4-6-16(14)17/h3-8,11H,9-10H2,1-2H3. The van der Waals surface area contributed by atoms with Crippen molar-refractivity contribution in [2.24, 2.45) is 0 Å². The van der Waals surface area contributed by atoms with Crippen molar-refractivity contribution < 1.29 is 0 Å². The van der Waals surface area contributed by atoms with Crippen LogP contribution < -0.4 is 0 Å². The quantitative estimate of drug-likeness (QED) is 0.713. The Hall–Kier alpha value is -0.830. The second kappa shape index (κ2) is 5.67. The van der Waals surface area contributed by atoms with Crippen molar-refractivity contribution in [1.82, 2.24) is 0 Å². The van der Waals surface area contributed by atoms with Crippen LogP contribution in [0.3, 0.4) is 0 Å². The lowest BCUT2D eigenvalue weighted by Crippen LogP contribution is -1.96. The van der Waals surface area contributed by atoms with Crippen molar-refractivity contribution in [3.8, 4) is 0 Å². The first-order chi connectivity index (χ1) is 8.16. The lowest BCUT2D eigenvalue weighted by molar-refractivity contribution is 0.941. The average Bonchev–Trinajstić information content (AvgIpc) is 2.32. The van der Waals surface area contributed by atoms with Crippen molar-refractivity contribution >= 4 is 22.6 Å². The van der Waals surface area contributed by atoms with E-state index in [1.165, 1.54) is 25.8 Å². The van der Waals surface area contributed by atoms with E-state index < -0.39 is 0 Å². The van der Waals surface area contributed by atoms with E-state index in [0.717, 1.165) is 12.8 Å². The summed E-state index contributed by atoms with van der Waals surface area (Å²) in [6.07, 6.45) is 2.26. The summed E-state index contributed by atoms with van der Waals surface area (Å²) < 4.78 is 1.37. The molecule has 88 valence electrons. The van der Waals surface area contributed by atoms with Crippen LogP contribution in [0.5, 0.6) is 0 Å². The summed E-state index contributed by atoms with van der Waals surface area (Å²) in [4.78, 5) is 0. The smallest absolute Gasteiger partial charge is 0.0162 e. The molecule has 0 spiro atoms. The Kier molecular flexibility index (Phi) is 4.21. The average molecular weight is 336 g/mol.